The minimum absolute atomic E-state index is 0.269. The Balaban J connectivity index is 2.01. The Morgan fingerprint density at radius 3 is 2.57 bits per heavy atom. The molecule has 2 atom stereocenters. The van der Waals surface area contributed by atoms with Gasteiger partial charge >= 0.3 is 5.97 Å². The normalized spacial score (nSPS) is 18.4. The Kier molecular flexibility index (Phi) is 4.57. The lowest BCUT2D eigenvalue weighted by Gasteiger charge is -2.25. The first-order valence-electron chi connectivity index (χ1n) is 6.85. The molecule has 6 nitrogen and oxygen atoms in total. The predicted octanol–water partition coefficient (Wildman–Crippen LogP) is 0.236. The van der Waals surface area contributed by atoms with Crippen molar-refractivity contribution in [1.29, 1.82) is 0 Å². The van der Waals surface area contributed by atoms with Crippen LogP contribution in [-0.2, 0) is 27.2 Å². The van der Waals surface area contributed by atoms with Crippen molar-refractivity contribution in [3.63, 3.8) is 0 Å². The number of hydrogen-bond acceptors (Lipinski definition) is 3. The molecule has 2 amide bonds. The Morgan fingerprint density at radius 1 is 1.29 bits per heavy atom. The van der Waals surface area contributed by atoms with Gasteiger partial charge in [0.25, 0.3) is 0 Å². The van der Waals surface area contributed by atoms with E-state index < -0.39 is 24.3 Å². The Bertz CT molecular complexity index is 571. The maximum absolute atomic E-state index is 12.2. The molecule has 2 rings (SSSR count). The third kappa shape index (κ3) is 3.81. The molecule has 0 bridgehead atoms. The van der Waals surface area contributed by atoms with E-state index in [4.69, 9.17) is 10.8 Å². The van der Waals surface area contributed by atoms with Crippen LogP contribution in [0.2, 0.25) is 0 Å². The average Bonchev–Trinajstić information content (AvgIpc) is 2.45. The van der Waals surface area contributed by atoms with E-state index in [1.807, 2.05) is 24.3 Å². The second kappa shape index (κ2) is 6.39. The molecule has 1 aliphatic carbocycles. The third-order valence-corrected chi connectivity index (χ3v) is 3.74. The summed E-state index contributed by atoms with van der Waals surface area (Å²) in [6.45, 7) is 0. The summed E-state index contributed by atoms with van der Waals surface area (Å²) in [6.07, 6.45) is 1.66. The molecule has 1 aliphatic rings. The first-order chi connectivity index (χ1) is 9.97. The monoisotopic (exact) mass is 290 g/mol. The van der Waals surface area contributed by atoms with Crippen LogP contribution in [0.15, 0.2) is 24.3 Å². The van der Waals surface area contributed by atoms with Gasteiger partial charge < -0.3 is 16.2 Å². The van der Waals surface area contributed by atoms with E-state index in [1.54, 1.807) is 0 Å². The molecular weight excluding hydrogens is 272 g/mol. The highest BCUT2D eigenvalue weighted by atomic mass is 16.4. The number of nitrogens with two attached hydrogens (primary N) is 1. The zero-order valence-electron chi connectivity index (χ0n) is 11.5. The molecule has 0 fully saturated rings. The first-order valence-corrected chi connectivity index (χ1v) is 6.85. The van der Waals surface area contributed by atoms with E-state index in [2.05, 4.69) is 5.32 Å². The van der Waals surface area contributed by atoms with Gasteiger partial charge in [-0.15, -0.1) is 0 Å². The molecule has 0 saturated carbocycles. The van der Waals surface area contributed by atoms with Gasteiger partial charge in [-0.2, -0.15) is 0 Å². The molecule has 1 unspecified atom stereocenters. The zero-order chi connectivity index (χ0) is 15.4. The van der Waals surface area contributed by atoms with Crippen molar-refractivity contribution < 1.29 is 19.5 Å². The smallest absolute Gasteiger partial charge is 0.326 e. The van der Waals surface area contributed by atoms with Gasteiger partial charge in [-0.25, -0.2) is 4.79 Å². The molecule has 112 valence electrons. The summed E-state index contributed by atoms with van der Waals surface area (Å²) in [5.41, 5.74) is 7.34. The van der Waals surface area contributed by atoms with E-state index in [9.17, 15) is 14.4 Å². The van der Waals surface area contributed by atoms with Crippen LogP contribution in [0.5, 0.6) is 0 Å². The Hall–Kier alpha value is -2.37. The van der Waals surface area contributed by atoms with Crippen LogP contribution < -0.4 is 11.1 Å². The number of benzene rings is 1. The average molecular weight is 290 g/mol. The molecule has 0 saturated heterocycles. The van der Waals surface area contributed by atoms with Crippen LogP contribution in [-0.4, -0.2) is 28.9 Å². The van der Waals surface area contributed by atoms with E-state index >= 15 is 0 Å². The number of fused-ring (bicyclic) bond motifs is 1. The van der Waals surface area contributed by atoms with Gasteiger partial charge in [-0.1, -0.05) is 24.3 Å². The highest BCUT2D eigenvalue weighted by Crippen LogP contribution is 2.25. The molecule has 0 spiro atoms. The van der Waals surface area contributed by atoms with Crippen LogP contribution in [0.25, 0.3) is 0 Å². The Morgan fingerprint density at radius 2 is 1.95 bits per heavy atom. The lowest BCUT2D eigenvalue weighted by atomic mass is 9.83. The fraction of sp³-hybridized carbons (Fsp3) is 0.400. The number of carboxylic acids is 1. The molecule has 4 N–H and O–H groups in total. The molecule has 1 aromatic rings. The van der Waals surface area contributed by atoms with Crippen LogP contribution in [0.3, 0.4) is 0 Å². The van der Waals surface area contributed by atoms with Crippen molar-refractivity contribution in [2.24, 2.45) is 11.7 Å². The number of aliphatic carboxylic acids is 1. The molecule has 21 heavy (non-hydrogen) atoms. The summed E-state index contributed by atoms with van der Waals surface area (Å²) in [5.74, 6) is -2.61. The van der Waals surface area contributed by atoms with Gasteiger partial charge in [-0.05, 0) is 30.4 Å². The SMILES string of the molecule is NC(=O)C[C@H](NC(=O)C1CCc2ccccc2C1)C(=O)O. The molecule has 0 radical (unpaired) electrons. The summed E-state index contributed by atoms with van der Waals surface area (Å²) < 4.78 is 0. The fourth-order valence-corrected chi connectivity index (χ4v) is 2.61. The second-order valence-corrected chi connectivity index (χ2v) is 5.28. The van der Waals surface area contributed by atoms with Gasteiger partial charge in [0.05, 0.1) is 6.42 Å². The number of carbonyl (C=O) groups excluding carboxylic acids is 2. The Labute approximate surface area is 122 Å². The maximum Gasteiger partial charge on any atom is 0.326 e. The highest BCUT2D eigenvalue weighted by molar-refractivity contribution is 5.89. The number of hydrogen-bond donors (Lipinski definition) is 3. The van der Waals surface area contributed by atoms with Crippen molar-refractivity contribution in [3.05, 3.63) is 35.4 Å². The largest absolute Gasteiger partial charge is 0.480 e. The van der Waals surface area contributed by atoms with Crippen molar-refractivity contribution in [2.45, 2.75) is 31.7 Å². The predicted molar refractivity (Wildman–Crippen MR) is 75.3 cm³/mol. The van der Waals surface area contributed by atoms with Gasteiger partial charge in [0.2, 0.25) is 11.8 Å². The van der Waals surface area contributed by atoms with Gasteiger partial charge in [0, 0.05) is 5.92 Å². The lowest BCUT2D eigenvalue weighted by Crippen LogP contribution is -2.46. The van der Waals surface area contributed by atoms with E-state index in [0.717, 1.165) is 12.0 Å². The minimum Gasteiger partial charge on any atom is -0.480 e. The molecule has 6 heteroatoms. The maximum atomic E-state index is 12.2. The van der Waals surface area contributed by atoms with E-state index in [1.165, 1.54) is 5.56 Å². The van der Waals surface area contributed by atoms with Gasteiger partial charge in [0.1, 0.15) is 6.04 Å². The van der Waals surface area contributed by atoms with Gasteiger partial charge in [0.15, 0.2) is 0 Å². The number of amides is 2. The second-order valence-electron chi connectivity index (χ2n) is 5.28. The standard InChI is InChI=1S/C15H18N2O4/c16-13(18)8-12(15(20)21)17-14(19)11-6-5-9-3-1-2-4-10(9)7-11/h1-4,11-12H,5-8H2,(H2,16,18)(H,17,19)(H,20,21)/t11?,12-/m0/s1. The van der Waals surface area contributed by atoms with Crippen molar-refractivity contribution in [1.82, 2.24) is 5.32 Å². The summed E-state index contributed by atoms with van der Waals surface area (Å²) in [4.78, 5) is 34.0. The van der Waals surface area contributed by atoms with Crippen molar-refractivity contribution in [2.75, 3.05) is 0 Å². The molecule has 0 aromatic heterocycles. The minimum atomic E-state index is -1.26. The summed E-state index contributed by atoms with van der Waals surface area (Å²) >= 11 is 0. The first kappa shape index (κ1) is 15.0. The van der Waals surface area contributed by atoms with Crippen LogP contribution in [0.4, 0.5) is 0 Å². The highest BCUT2D eigenvalue weighted by Gasteiger charge is 2.29. The van der Waals surface area contributed by atoms with Crippen LogP contribution in [0.1, 0.15) is 24.0 Å². The topological polar surface area (TPSA) is 109 Å². The van der Waals surface area contributed by atoms with Crippen molar-refractivity contribution in [3.8, 4) is 0 Å². The summed E-state index contributed by atoms with van der Waals surface area (Å²) in [5, 5.41) is 11.4. The van der Waals surface area contributed by atoms with Crippen LogP contribution in [0, 0.1) is 5.92 Å². The number of carbonyl (C=O) groups is 3. The molecule has 0 heterocycles. The van der Waals surface area contributed by atoms with Gasteiger partial charge in [-0.3, -0.25) is 9.59 Å². The number of carboxylic acid groups (broad SMARTS) is 1. The summed E-state index contributed by atoms with van der Waals surface area (Å²) in [7, 11) is 0. The molecular formula is C15H18N2O4. The lowest BCUT2D eigenvalue weighted by molar-refractivity contribution is -0.144. The molecule has 0 aliphatic heterocycles. The van der Waals surface area contributed by atoms with E-state index in [-0.39, 0.29) is 11.8 Å². The summed E-state index contributed by atoms with van der Waals surface area (Å²) in [6, 6.07) is 6.65. The third-order valence-electron chi connectivity index (χ3n) is 3.74. The van der Waals surface area contributed by atoms with Crippen molar-refractivity contribution >= 4 is 17.8 Å². The quantitative estimate of drug-likeness (QED) is 0.721. The number of nitrogens with one attached hydrogen (secondary N) is 1. The number of aryl methyl sites for hydroxylation is 1. The molecule has 1 aromatic carbocycles. The zero-order valence-corrected chi connectivity index (χ0v) is 11.5. The number of rotatable bonds is 5. The van der Waals surface area contributed by atoms with E-state index in [0.29, 0.717) is 12.8 Å². The fourth-order valence-electron chi connectivity index (χ4n) is 2.61. The number of primary amides is 1. The van der Waals surface area contributed by atoms with Crippen LogP contribution >= 0.6 is 0 Å².